The monoisotopic (exact) mass is 345 g/mol. The van der Waals surface area contributed by atoms with Crippen molar-refractivity contribution in [3.8, 4) is 0 Å². The number of hydrogen-bond donors (Lipinski definition) is 2. The van der Waals surface area contributed by atoms with Crippen molar-refractivity contribution >= 4 is 36.3 Å². The predicted molar refractivity (Wildman–Crippen MR) is 95.4 cm³/mol. The number of rotatable bonds is 3. The third kappa shape index (κ3) is 4.03. The molecule has 1 fully saturated rings. The molecule has 0 spiro atoms. The summed E-state index contributed by atoms with van der Waals surface area (Å²) in [5.41, 5.74) is 7.99. The average Bonchev–Trinajstić information content (AvgIpc) is 2.89. The Morgan fingerprint density at radius 1 is 1.23 bits per heavy atom. The smallest absolute Gasteiger partial charge is 0.157 e. The summed E-state index contributed by atoms with van der Waals surface area (Å²) >= 11 is 0. The molecule has 2 aromatic heterocycles. The predicted octanol–water partition coefficient (Wildman–Crippen LogP) is 3.38. The van der Waals surface area contributed by atoms with Crippen molar-refractivity contribution in [3.63, 3.8) is 0 Å². The summed E-state index contributed by atoms with van der Waals surface area (Å²) in [6.07, 6.45) is 6.25. The zero-order valence-corrected chi connectivity index (χ0v) is 14.7. The van der Waals surface area contributed by atoms with Crippen molar-refractivity contribution < 1.29 is 0 Å². The van der Waals surface area contributed by atoms with E-state index in [4.69, 9.17) is 5.73 Å². The summed E-state index contributed by atoms with van der Waals surface area (Å²) in [6.45, 7) is 4.33. The first-order chi connectivity index (χ1) is 9.63. The molecule has 0 aliphatic heterocycles. The van der Waals surface area contributed by atoms with E-state index in [0.29, 0.717) is 18.0 Å². The van der Waals surface area contributed by atoms with Crippen molar-refractivity contribution in [2.45, 2.75) is 57.5 Å². The molecule has 0 bridgehead atoms. The topological polar surface area (TPSA) is 68.2 Å². The van der Waals surface area contributed by atoms with Crippen LogP contribution in [0.5, 0.6) is 0 Å². The lowest BCUT2D eigenvalue weighted by molar-refractivity contribution is 0.410. The SMILES string of the molecule is CC(C)c1cc(NC2CCC(N)CC2)n2nccc2n1.Cl.Cl. The molecule has 1 aliphatic carbocycles. The number of aromatic nitrogens is 3. The highest BCUT2D eigenvalue weighted by molar-refractivity contribution is 5.85. The molecular formula is C15H25Cl2N5. The fourth-order valence-corrected chi connectivity index (χ4v) is 2.80. The summed E-state index contributed by atoms with van der Waals surface area (Å²) in [5, 5.41) is 8.00. The van der Waals surface area contributed by atoms with Crippen LogP contribution in [-0.2, 0) is 0 Å². The fraction of sp³-hybridized carbons (Fsp3) is 0.600. The standard InChI is InChI=1S/C15H23N5.2ClH/c1-10(2)13-9-15(20-14(19-13)7-8-17-20)18-12-5-3-11(16)4-6-12;;/h7-12,18H,3-6,16H2,1-2H3;2*1H. The third-order valence-electron chi connectivity index (χ3n) is 4.09. The molecule has 0 amide bonds. The molecule has 2 heterocycles. The van der Waals surface area contributed by atoms with Crippen molar-refractivity contribution in [3.05, 3.63) is 24.0 Å². The van der Waals surface area contributed by atoms with E-state index in [-0.39, 0.29) is 24.8 Å². The minimum absolute atomic E-state index is 0. The summed E-state index contributed by atoms with van der Waals surface area (Å²) in [6, 6.07) is 4.94. The van der Waals surface area contributed by atoms with Gasteiger partial charge < -0.3 is 11.1 Å². The lowest BCUT2D eigenvalue weighted by Gasteiger charge is -2.27. The molecule has 0 unspecified atom stereocenters. The van der Waals surface area contributed by atoms with E-state index in [1.165, 1.54) is 0 Å². The Morgan fingerprint density at radius 2 is 1.91 bits per heavy atom. The maximum atomic E-state index is 5.97. The van der Waals surface area contributed by atoms with Gasteiger partial charge in [-0.25, -0.2) is 4.98 Å². The molecule has 3 rings (SSSR count). The number of fused-ring (bicyclic) bond motifs is 1. The first-order valence-corrected chi connectivity index (χ1v) is 7.50. The van der Waals surface area contributed by atoms with E-state index in [9.17, 15) is 0 Å². The van der Waals surface area contributed by atoms with Crippen LogP contribution in [0.1, 0.15) is 51.1 Å². The Kier molecular flexibility index (Phi) is 6.91. The van der Waals surface area contributed by atoms with Gasteiger partial charge in [0.05, 0.1) is 6.20 Å². The molecule has 0 atom stereocenters. The van der Waals surface area contributed by atoms with Crippen LogP contribution in [-0.4, -0.2) is 26.7 Å². The maximum Gasteiger partial charge on any atom is 0.157 e. The van der Waals surface area contributed by atoms with Crippen LogP contribution in [0.15, 0.2) is 18.3 Å². The van der Waals surface area contributed by atoms with Crippen molar-refractivity contribution in [1.29, 1.82) is 0 Å². The molecule has 1 saturated carbocycles. The first-order valence-electron chi connectivity index (χ1n) is 7.50. The van der Waals surface area contributed by atoms with Gasteiger partial charge in [-0.05, 0) is 31.6 Å². The van der Waals surface area contributed by atoms with Gasteiger partial charge in [-0.2, -0.15) is 9.61 Å². The molecule has 2 aromatic rings. The second-order valence-corrected chi connectivity index (χ2v) is 6.08. The van der Waals surface area contributed by atoms with Crippen molar-refractivity contribution in [2.75, 3.05) is 5.32 Å². The number of nitrogens with zero attached hydrogens (tertiary/aromatic N) is 3. The van der Waals surface area contributed by atoms with E-state index >= 15 is 0 Å². The van der Waals surface area contributed by atoms with E-state index < -0.39 is 0 Å². The molecule has 0 aromatic carbocycles. The van der Waals surface area contributed by atoms with Gasteiger partial charge in [0.1, 0.15) is 5.82 Å². The van der Waals surface area contributed by atoms with Crippen LogP contribution in [0.3, 0.4) is 0 Å². The molecule has 3 N–H and O–H groups in total. The number of halogens is 2. The number of anilines is 1. The zero-order chi connectivity index (χ0) is 14.1. The van der Waals surface area contributed by atoms with Crippen LogP contribution in [0.4, 0.5) is 5.82 Å². The van der Waals surface area contributed by atoms with E-state index in [1.807, 2.05) is 10.6 Å². The summed E-state index contributed by atoms with van der Waals surface area (Å²) in [4.78, 5) is 4.64. The quantitative estimate of drug-likeness (QED) is 0.894. The molecular weight excluding hydrogens is 321 g/mol. The van der Waals surface area contributed by atoms with Crippen LogP contribution in [0, 0.1) is 0 Å². The Labute approximate surface area is 143 Å². The zero-order valence-electron chi connectivity index (χ0n) is 13.0. The number of nitrogens with one attached hydrogen (secondary N) is 1. The first kappa shape index (κ1) is 19.0. The van der Waals surface area contributed by atoms with Gasteiger partial charge in [0.15, 0.2) is 5.65 Å². The second-order valence-electron chi connectivity index (χ2n) is 6.08. The minimum atomic E-state index is 0. The fourth-order valence-electron chi connectivity index (χ4n) is 2.80. The molecule has 7 heteroatoms. The van der Waals surface area contributed by atoms with Gasteiger partial charge in [0.25, 0.3) is 0 Å². The van der Waals surface area contributed by atoms with Gasteiger partial charge in [-0.15, -0.1) is 24.8 Å². The summed E-state index contributed by atoms with van der Waals surface area (Å²) < 4.78 is 1.89. The van der Waals surface area contributed by atoms with Crippen molar-refractivity contribution in [2.24, 2.45) is 5.73 Å². The molecule has 5 nitrogen and oxygen atoms in total. The Balaban J connectivity index is 0.00000121. The normalized spacial score (nSPS) is 21.3. The van der Waals surface area contributed by atoms with E-state index in [0.717, 1.165) is 42.8 Å². The lowest BCUT2D eigenvalue weighted by atomic mass is 9.92. The van der Waals surface area contributed by atoms with Gasteiger partial charge in [0.2, 0.25) is 0 Å². The van der Waals surface area contributed by atoms with Crippen molar-refractivity contribution in [1.82, 2.24) is 14.6 Å². The highest BCUT2D eigenvalue weighted by Gasteiger charge is 2.19. The Bertz CT molecular complexity index is 591. The van der Waals surface area contributed by atoms with Gasteiger partial charge in [0, 0.05) is 29.9 Å². The Morgan fingerprint density at radius 3 is 2.55 bits per heavy atom. The molecule has 1 aliphatic rings. The number of nitrogens with two attached hydrogens (primary N) is 1. The van der Waals surface area contributed by atoms with Crippen LogP contribution < -0.4 is 11.1 Å². The molecule has 0 radical (unpaired) electrons. The van der Waals surface area contributed by atoms with Crippen LogP contribution in [0.25, 0.3) is 5.65 Å². The maximum absolute atomic E-state index is 5.97. The molecule has 22 heavy (non-hydrogen) atoms. The average molecular weight is 346 g/mol. The van der Waals surface area contributed by atoms with Crippen LogP contribution >= 0.6 is 24.8 Å². The van der Waals surface area contributed by atoms with Gasteiger partial charge >= 0.3 is 0 Å². The highest BCUT2D eigenvalue weighted by Crippen LogP contribution is 2.23. The van der Waals surface area contributed by atoms with Gasteiger partial charge in [-0.3, -0.25) is 0 Å². The van der Waals surface area contributed by atoms with E-state index in [1.54, 1.807) is 6.20 Å². The largest absolute Gasteiger partial charge is 0.367 e. The third-order valence-corrected chi connectivity index (χ3v) is 4.09. The lowest BCUT2D eigenvalue weighted by Crippen LogP contribution is -2.33. The summed E-state index contributed by atoms with van der Waals surface area (Å²) in [5.74, 6) is 1.46. The van der Waals surface area contributed by atoms with Crippen LogP contribution in [0.2, 0.25) is 0 Å². The van der Waals surface area contributed by atoms with Gasteiger partial charge in [-0.1, -0.05) is 13.8 Å². The van der Waals surface area contributed by atoms with E-state index in [2.05, 4.69) is 35.3 Å². The minimum Gasteiger partial charge on any atom is -0.367 e. The second kappa shape index (κ2) is 7.99. The summed E-state index contributed by atoms with van der Waals surface area (Å²) in [7, 11) is 0. The highest BCUT2D eigenvalue weighted by atomic mass is 35.5. The Hall–Kier alpha value is -1.04. The molecule has 124 valence electrons. The molecule has 0 saturated heterocycles. The number of hydrogen-bond acceptors (Lipinski definition) is 4.